The molecule has 0 heterocycles. The van der Waals surface area contributed by atoms with Crippen LogP contribution < -0.4 is 25.4 Å². The molecular formula is C22H17F6O2P. The van der Waals surface area contributed by atoms with Gasteiger partial charge in [-0.05, 0) is 66.3 Å². The lowest BCUT2D eigenvalue weighted by atomic mass is 10.1. The zero-order valence-corrected chi connectivity index (χ0v) is 17.3. The van der Waals surface area contributed by atoms with Gasteiger partial charge in [0.05, 0.1) is 25.3 Å². The maximum absolute atomic E-state index is 13.4. The largest absolute Gasteiger partial charge is 0.497 e. The van der Waals surface area contributed by atoms with E-state index in [2.05, 4.69) is 0 Å². The minimum absolute atomic E-state index is 0.0625. The first-order valence-corrected chi connectivity index (χ1v) is 10.2. The van der Waals surface area contributed by atoms with Gasteiger partial charge < -0.3 is 9.47 Å². The number of ether oxygens (including phenoxy) is 2. The molecule has 0 aliphatic carbocycles. The van der Waals surface area contributed by atoms with Crippen molar-refractivity contribution in [3.63, 3.8) is 0 Å². The lowest BCUT2D eigenvalue weighted by Crippen LogP contribution is -2.24. The van der Waals surface area contributed by atoms with Crippen LogP contribution in [-0.4, -0.2) is 14.2 Å². The standard InChI is InChI=1S/C22H17F6O2P/c1-29-16-3-7-18(8-4-16)31(19-9-5-17(30-2)6-10-19)20-12-14(21(23,24)25)11-15(13-20)22(26,27)28/h3-13H,1-2H3. The zero-order valence-electron chi connectivity index (χ0n) is 16.4. The number of benzene rings is 3. The van der Waals surface area contributed by atoms with Crippen molar-refractivity contribution in [3.8, 4) is 11.5 Å². The second-order valence-electron chi connectivity index (χ2n) is 6.50. The van der Waals surface area contributed by atoms with Crippen molar-refractivity contribution in [2.45, 2.75) is 12.4 Å². The lowest BCUT2D eigenvalue weighted by molar-refractivity contribution is -0.142. The molecule has 0 spiro atoms. The molecule has 3 aromatic rings. The summed E-state index contributed by atoms with van der Waals surface area (Å²) in [5.41, 5.74) is -2.68. The Labute approximate surface area is 176 Å². The number of methoxy groups -OCH3 is 2. The van der Waals surface area contributed by atoms with E-state index in [1.54, 1.807) is 48.5 Å². The van der Waals surface area contributed by atoms with E-state index in [0.717, 1.165) is 12.1 Å². The number of alkyl halides is 6. The Morgan fingerprint density at radius 2 is 0.903 bits per heavy atom. The number of hydrogen-bond donors (Lipinski definition) is 0. The van der Waals surface area contributed by atoms with Gasteiger partial charge in [-0.1, -0.05) is 24.3 Å². The van der Waals surface area contributed by atoms with Crippen LogP contribution in [0, 0.1) is 0 Å². The predicted molar refractivity (Wildman–Crippen MR) is 108 cm³/mol. The molecule has 0 aliphatic rings. The minimum atomic E-state index is -4.92. The smallest absolute Gasteiger partial charge is 0.416 e. The molecule has 0 saturated carbocycles. The van der Waals surface area contributed by atoms with Crippen molar-refractivity contribution < 1.29 is 35.8 Å². The molecule has 0 aliphatic heterocycles. The van der Waals surface area contributed by atoms with Crippen molar-refractivity contribution in [1.82, 2.24) is 0 Å². The van der Waals surface area contributed by atoms with E-state index in [9.17, 15) is 26.3 Å². The highest BCUT2D eigenvalue weighted by Crippen LogP contribution is 2.40. The summed E-state index contributed by atoms with van der Waals surface area (Å²) in [4.78, 5) is 0. The van der Waals surface area contributed by atoms with Crippen LogP contribution in [0.5, 0.6) is 11.5 Å². The fraction of sp³-hybridized carbons (Fsp3) is 0.182. The SMILES string of the molecule is COc1ccc(P(c2ccc(OC)cc2)c2cc(C(F)(F)F)cc(C(F)(F)F)c2)cc1. The average Bonchev–Trinajstić information content (AvgIpc) is 2.73. The molecule has 0 bridgehead atoms. The fourth-order valence-corrected chi connectivity index (χ4v) is 5.30. The Balaban J connectivity index is 2.24. The Morgan fingerprint density at radius 3 is 1.19 bits per heavy atom. The van der Waals surface area contributed by atoms with Gasteiger partial charge >= 0.3 is 12.4 Å². The monoisotopic (exact) mass is 458 g/mol. The van der Waals surface area contributed by atoms with Gasteiger partial charge in [-0.25, -0.2) is 0 Å². The van der Waals surface area contributed by atoms with Crippen LogP contribution in [0.3, 0.4) is 0 Å². The van der Waals surface area contributed by atoms with Crippen LogP contribution >= 0.6 is 7.92 Å². The first-order valence-electron chi connectivity index (χ1n) is 8.90. The summed E-state index contributed by atoms with van der Waals surface area (Å²) in [6, 6.07) is 14.7. The molecule has 2 nitrogen and oxygen atoms in total. The molecule has 0 saturated heterocycles. The Kier molecular flexibility index (Phi) is 6.51. The van der Waals surface area contributed by atoms with Crippen LogP contribution in [0.4, 0.5) is 26.3 Å². The summed E-state index contributed by atoms with van der Waals surface area (Å²) in [6.07, 6.45) is -9.84. The van der Waals surface area contributed by atoms with Crippen LogP contribution in [-0.2, 0) is 12.4 Å². The van der Waals surface area contributed by atoms with Crippen LogP contribution in [0.25, 0.3) is 0 Å². The second kappa shape index (κ2) is 8.79. The third kappa shape index (κ3) is 5.31. The zero-order chi connectivity index (χ0) is 22.8. The van der Waals surface area contributed by atoms with E-state index in [1.807, 2.05) is 0 Å². The molecule has 0 aromatic heterocycles. The predicted octanol–water partition coefficient (Wildman–Crippen LogP) is 5.50. The van der Waals surface area contributed by atoms with Gasteiger partial charge in [0.1, 0.15) is 11.5 Å². The molecule has 3 aromatic carbocycles. The Hall–Kier alpha value is -2.73. The molecular weight excluding hydrogens is 441 g/mol. The van der Waals surface area contributed by atoms with Crippen LogP contribution in [0.1, 0.15) is 11.1 Å². The molecule has 3 rings (SSSR count). The first kappa shape index (κ1) is 22.9. The number of hydrogen-bond acceptors (Lipinski definition) is 2. The van der Waals surface area contributed by atoms with E-state index in [-0.39, 0.29) is 11.4 Å². The van der Waals surface area contributed by atoms with E-state index >= 15 is 0 Å². The lowest BCUT2D eigenvalue weighted by Gasteiger charge is -2.22. The third-order valence-corrected chi connectivity index (χ3v) is 6.90. The molecule has 0 fully saturated rings. The van der Waals surface area contributed by atoms with E-state index in [1.165, 1.54) is 14.2 Å². The molecule has 0 radical (unpaired) electrons. The van der Waals surface area contributed by atoms with Gasteiger partial charge in [-0.2, -0.15) is 26.3 Å². The highest BCUT2D eigenvalue weighted by molar-refractivity contribution is 7.79. The van der Waals surface area contributed by atoms with Gasteiger partial charge in [0.2, 0.25) is 0 Å². The quantitative estimate of drug-likeness (QED) is 0.372. The van der Waals surface area contributed by atoms with Crippen molar-refractivity contribution in [3.05, 3.63) is 77.9 Å². The van der Waals surface area contributed by atoms with E-state index in [0.29, 0.717) is 22.1 Å². The summed E-state index contributed by atoms with van der Waals surface area (Å²) >= 11 is 0. The first-order chi connectivity index (χ1) is 14.5. The van der Waals surface area contributed by atoms with E-state index < -0.39 is 31.4 Å². The van der Waals surface area contributed by atoms with E-state index in [4.69, 9.17) is 9.47 Å². The van der Waals surface area contributed by atoms with Gasteiger partial charge in [0, 0.05) is 0 Å². The molecule has 31 heavy (non-hydrogen) atoms. The third-order valence-electron chi connectivity index (χ3n) is 4.49. The second-order valence-corrected chi connectivity index (χ2v) is 8.72. The highest BCUT2D eigenvalue weighted by Gasteiger charge is 2.37. The molecule has 0 N–H and O–H groups in total. The van der Waals surface area contributed by atoms with Gasteiger partial charge in [-0.3, -0.25) is 0 Å². The molecule has 9 heteroatoms. The summed E-state index contributed by atoms with van der Waals surface area (Å²) in [6.45, 7) is 0. The molecule has 0 amide bonds. The van der Waals surface area contributed by atoms with Crippen molar-refractivity contribution in [1.29, 1.82) is 0 Å². The minimum Gasteiger partial charge on any atom is -0.497 e. The molecule has 164 valence electrons. The number of rotatable bonds is 5. The van der Waals surface area contributed by atoms with Crippen LogP contribution in [0.2, 0.25) is 0 Å². The van der Waals surface area contributed by atoms with Crippen molar-refractivity contribution in [2.24, 2.45) is 0 Å². The maximum Gasteiger partial charge on any atom is 0.416 e. The summed E-state index contributed by atoms with van der Waals surface area (Å²) in [5.74, 6) is 1.04. The maximum atomic E-state index is 13.4. The Bertz CT molecular complexity index is 948. The highest BCUT2D eigenvalue weighted by atomic mass is 31.1. The topological polar surface area (TPSA) is 18.5 Å². The number of halogens is 6. The molecule has 0 atom stereocenters. The summed E-state index contributed by atoms with van der Waals surface area (Å²) in [7, 11) is 1.21. The Morgan fingerprint density at radius 1 is 0.548 bits per heavy atom. The normalized spacial score (nSPS) is 12.2. The van der Waals surface area contributed by atoms with Crippen LogP contribution in [0.15, 0.2) is 66.7 Å². The van der Waals surface area contributed by atoms with Crippen molar-refractivity contribution >= 4 is 23.8 Å². The van der Waals surface area contributed by atoms with Crippen molar-refractivity contribution in [2.75, 3.05) is 14.2 Å². The summed E-state index contributed by atoms with van der Waals surface area (Å²) < 4.78 is 90.7. The van der Waals surface area contributed by atoms with Gasteiger partial charge in [0.15, 0.2) is 0 Å². The van der Waals surface area contributed by atoms with Gasteiger partial charge in [0.25, 0.3) is 0 Å². The average molecular weight is 458 g/mol. The van der Waals surface area contributed by atoms with Gasteiger partial charge in [-0.15, -0.1) is 0 Å². The fourth-order valence-electron chi connectivity index (χ4n) is 2.98. The summed E-state index contributed by atoms with van der Waals surface area (Å²) in [5, 5.41) is 1.09. The molecule has 0 unspecified atom stereocenters.